The molecule has 0 saturated heterocycles. The van der Waals surface area contributed by atoms with E-state index in [1.54, 1.807) is 12.4 Å². The molecule has 0 aliphatic carbocycles. The Morgan fingerprint density at radius 2 is 2.10 bits per heavy atom. The van der Waals surface area contributed by atoms with Crippen molar-refractivity contribution < 1.29 is 5.11 Å². The summed E-state index contributed by atoms with van der Waals surface area (Å²) in [5.74, 6) is 0. The van der Waals surface area contributed by atoms with Crippen LogP contribution in [0, 0.1) is 0 Å². The second kappa shape index (κ2) is 4.21. The monoisotopic (exact) mass is 263 g/mol. The third-order valence-corrected chi connectivity index (χ3v) is 3.65. The minimum Gasteiger partial charge on any atom is -0.369 e. The summed E-state index contributed by atoms with van der Waals surface area (Å²) in [6, 6.07) is 9.89. The molecule has 4 rings (SSSR count). The normalized spacial score (nSPS) is 19.2. The molecule has 0 radical (unpaired) electrons. The Morgan fingerprint density at radius 3 is 3.05 bits per heavy atom. The van der Waals surface area contributed by atoms with Gasteiger partial charge in [-0.3, -0.25) is 4.98 Å². The topological polar surface area (TPSA) is 60.9 Å². The van der Waals surface area contributed by atoms with Crippen LogP contribution in [0.5, 0.6) is 0 Å². The van der Waals surface area contributed by atoms with Crippen molar-refractivity contribution in [3.8, 4) is 0 Å². The van der Waals surface area contributed by atoms with Gasteiger partial charge in [-0.05, 0) is 18.2 Å². The van der Waals surface area contributed by atoms with Crippen LogP contribution in [0.4, 0.5) is 5.69 Å². The summed E-state index contributed by atoms with van der Waals surface area (Å²) in [7, 11) is 0. The number of nitrogens with one attached hydrogen (secondary N) is 2. The van der Waals surface area contributed by atoms with Crippen molar-refractivity contribution in [1.29, 1.82) is 0 Å². The van der Waals surface area contributed by atoms with Gasteiger partial charge in [-0.2, -0.15) is 0 Å². The molecule has 3 heterocycles. The molecule has 1 aliphatic heterocycles. The fraction of sp³-hybridized carbons (Fsp3) is 0.0625. The molecule has 0 amide bonds. The van der Waals surface area contributed by atoms with Crippen LogP contribution in [0.1, 0.15) is 11.1 Å². The SMILES string of the molecule is OC1Nc2ccccc2C1=Cc1c[nH]c2cnccc12. The zero-order chi connectivity index (χ0) is 13.5. The second-order valence-corrected chi connectivity index (χ2v) is 4.86. The van der Waals surface area contributed by atoms with Crippen molar-refractivity contribution in [2.75, 3.05) is 5.32 Å². The van der Waals surface area contributed by atoms with Crippen molar-refractivity contribution in [3.63, 3.8) is 0 Å². The predicted octanol–water partition coefficient (Wildman–Crippen LogP) is 2.85. The molecular weight excluding hydrogens is 250 g/mol. The van der Waals surface area contributed by atoms with Crippen LogP contribution in [0.25, 0.3) is 22.6 Å². The lowest BCUT2D eigenvalue weighted by molar-refractivity contribution is 0.266. The Kier molecular flexibility index (Phi) is 2.37. The Hall–Kier alpha value is -2.59. The molecule has 0 saturated carbocycles. The molecule has 1 unspecified atom stereocenters. The van der Waals surface area contributed by atoms with Gasteiger partial charge < -0.3 is 15.4 Å². The molecule has 4 heteroatoms. The van der Waals surface area contributed by atoms with Crippen LogP contribution in [-0.2, 0) is 0 Å². The highest BCUT2D eigenvalue weighted by Gasteiger charge is 2.23. The molecule has 20 heavy (non-hydrogen) atoms. The Balaban J connectivity index is 1.88. The van der Waals surface area contributed by atoms with Gasteiger partial charge in [0.15, 0.2) is 6.23 Å². The molecular formula is C16H13N3O. The lowest BCUT2D eigenvalue weighted by Gasteiger charge is -2.04. The standard InChI is InChI=1S/C16H13N3O/c20-16-13(12-3-1-2-4-14(12)19-16)7-10-8-18-15-9-17-6-5-11(10)15/h1-9,16,18-20H. The number of anilines is 1. The minimum absolute atomic E-state index is 0.667. The van der Waals surface area contributed by atoms with E-state index in [1.807, 2.05) is 42.6 Å². The van der Waals surface area contributed by atoms with Gasteiger partial charge in [0.25, 0.3) is 0 Å². The maximum atomic E-state index is 10.2. The van der Waals surface area contributed by atoms with Gasteiger partial charge >= 0.3 is 0 Å². The molecule has 0 bridgehead atoms. The lowest BCUT2D eigenvalue weighted by atomic mass is 10.0. The number of H-pyrrole nitrogens is 1. The van der Waals surface area contributed by atoms with E-state index in [-0.39, 0.29) is 0 Å². The molecule has 98 valence electrons. The molecule has 3 aromatic rings. The molecule has 1 aliphatic rings. The second-order valence-electron chi connectivity index (χ2n) is 4.86. The zero-order valence-corrected chi connectivity index (χ0v) is 10.7. The highest BCUT2D eigenvalue weighted by atomic mass is 16.3. The van der Waals surface area contributed by atoms with E-state index in [4.69, 9.17) is 0 Å². The summed E-state index contributed by atoms with van der Waals surface area (Å²) in [6.07, 6.45) is 6.86. The van der Waals surface area contributed by atoms with E-state index in [9.17, 15) is 5.11 Å². The number of aliphatic hydroxyl groups is 1. The van der Waals surface area contributed by atoms with Crippen LogP contribution < -0.4 is 5.32 Å². The number of pyridine rings is 1. The van der Waals surface area contributed by atoms with E-state index in [0.717, 1.165) is 33.3 Å². The average Bonchev–Trinajstić information content (AvgIpc) is 3.02. The number of fused-ring (bicyclic) bond motifs is 2. The van der Waals surface area contributed by atoms with Gasteiger partial charge in [-0.15, -0.1) is 0 Å². The fourth-order valence-corrected chi connectivity index (χ4v) is 2.67. The highest BCUT2D eigenvalue weighted by Crippen LogP contribution is 2.35. The maximum Gasteiger partial charge on any atom is 0.151 e. The summed E-state index contributed by atoms with van der Waals surface area (Å²) in [6.45, 7) is 0. The first-order chi connectivity index (χ1) is 9.83. The highest BCUT2D eigenvalue weighted by molar-refractivity contribution is 5.99. The fourth-order valence-electron chi connectivity index (χ4n) is 2.67. The summed E-state index contributed by atoms with van der Waals surface area (Å²) >= 11 is 0. The van der Waals surface area contributed by atoms with Crippen molar-refractivity contribution in [2.45, 2.75) is 6.23 Å². The lowest BCUT2D eigenvalue weighted by Crippen LogP contribution is -2.12. The van der Waals surface area contributed by atoms with Gasteiger partial charge in [0.1, 0.15) is 0 Å². The Bertz CT molecular complexity index is 819. The van der Waals surface area contributed by atoms with Crippen LogP contribution in [0.2, 0.25) is 0 Å². The third-order valence-electron chi connectivity index (χ3n) is 3.65. The molecule has 0 spiro atoms. The molecule has 3 N–H and O–H groups in total. The van der Waals surface area contributed by atoms with Gasteiger partial charge in [0.05, 0.1) is 11.7 Å². The first-order valence-electron chi connectivity index (χ1n) is 6.49. The van der Waals surface area contributed by atoms with E-state index in [1.165, 1.54) is 0 Å². The van der Waals surface area contributed by atoms with Gasteiger partial charge in [0, 0.05) is 40.2 Å². The van der Waals surface area contributed by atoms with E-state index in [0.29, 0.717) is 0 Å². The minimum atomic E-state index is -0.667. The van der Waals surface area contributed by atoms with Crippen LogP contribution >= 0.6 is 0 Å². The van der Waals surface area contributed by atoms with Gasteiger partial charge in [-0.1, -0.05) is 18.2 Å². The van der Waals surface area contributed by atoms with Crippen molar-refractivity contribution in [3.05, 3.63) is 60.0 Å². The number of hydrogen-bond donors (Lipinski definition) is 3. The number of para-hydroxylation sites is 1. The first-order valence-corrected chi connectivity index (χ1v) is 6.49. The molecule has 4 nitrogen and oxygen atoms in total. The van der Waals surface area contributed by atoms with Crippen LogP contribution in [0.15, 0.2) is 48.9 Å². The largest absolute Gasteiger partial charge is 0.369 e. The van der Waals surface area contributed by atoms with E-state index in [2.05, 4.69) is 15.3 Å². The zero-order valence-electron chi connectivity index (χ0n) is 10.7. The maximum absolute atomic E-state index is 10.2. The number of benzene rings is 1. The molecule has 0 fully saturated rings. The average molecular weight is 263 g/mol. The van der Waals surface area contributed by atoms with Crippen molar-refractivity contribution in [2.24, 2.45) is 0 Å². The Labute approximate surface area is 115 Å². The number of aromatic nitrogens is 2. The summed E-state index contributed by atoms with van der Waals surface area (Å²) in [4.78, 5) is 7.29. The summed E-state index contributed by atoms with van der Waals surface area (Å²) in [5.41, 5.74) is 4.94. The van der Waals surface area contributed by atoms with Crippen molar-refractivity contribution in [1.82, 2.24) is 9.97 Å². The number of hydrogen-bond acceptors (Lipinski definition) is 3. The smallest absolute Gasteiger partial charge is 0.151 e. The van der Waals surface area contributed by atoms with Crippen LogP contribution in [-0.4, -0.2) is 21.3 Å². The van der Waals surface area contributed by atoms with Crippen molar-refractivity contribution >= 4 is 28.2 Å². The molecule has 1 atom stereocenters. The number of aliphatic hydroxyl groups excluding tert-OH is 1. The predicted molar refractivity (Wildman–Crippen MR) is 80.0 cm³/mol. The number of nitrogens with zero attached hydrogens (tertiary/aromatic N) is 1. The third kappa shape index (κ3) is 1.62. The number of aromatic amines is 1. The quantitative estimate of drug-likeness (QED) is 0.632. The summed E-state index contributed by atoms with van der Waals surface area (Å²) in [5, 5.41) is 14.4. The summed E-state index contributed by atoms with van der Waals surface area (Å²) < 4.78 is 0. The Morgan fingerprint density at radius 1 is 1.20 bits per heavy atom. The first kappa shape index (κ1) is 11.3. The van der Waals surface area contributed by atoms with Crippen LogP contribution in [0.3, 0.4) is 0 Å². The van der Waals surface area contributed by atoms with E-state index < -0.39 is 6.23 Å². The molecule has 2 aromatic heterocycles. The van der Waals surface area contributed by atoms with E-state index >= 15 is 0 Å². The van der Waals surface area contributed by atoms with Gasteiger partial charge in [0.2, 0.25) is 0 Å². The molecule has 1 aromatic carbocycles. The van der Waals surface area contributed by atoms with Gasteiger partial charge in [-0.25, -0.2) is 0 Å². The number of rotatable bonds is 1.